The Bertz CT molecular complexity index is 990. The Morgan fingerprint density at radius 2 is 2.07 bits per heavy atom. The van der Waals surface area contributed by atoms with Crippen molar-refractivity contribution >= 4 is 29.0 Å². The molecule has 0 saturated carbocycles. The van der Waals surface area contributed by atoms with Crippen LogP contribution in [0.2, 0.25) is 0 Å². The summed E-state index contributed by atoms with van der Waals surface area (Å²) in [5, 5.41) is 17.7. The highest BCUT2D eigenvalue weighted by atomic mass is 32.1. The second-order valence-electron chi connectivity index (χ2n) is 6.30. The van der Waals surface area contributed by atoms with Crippen LogP contribution < -0.4 is 21.7 Å². The van der Waals surface area contributed by atoms with Crippen LogP contribution in [0.25, 0.3) is 0 Å². The topological polar surface area (TPSA) is 120 Å². The minimum Gasteiger partial charge on any atom is -0.351 e. The van der Waals surface area contributed by atoms with Crippen LogP contribution >= 0.6 is 11.3 Å². The maximum atomic E-state index is 12.7. The Morgan fingerprint density at radius 3 is 2.79 bits per heavy atom. The van der Waals surface area contributed by atoms with Gasteiger partial charge in [-0.3, -0.25) is 4.79 Å². The third-order valence-corrected chi connectivity index (χ3v) is 5.20. The molecule has 1 aliphatic heterocycles. The number of nitrogens with zero attached hydrogens (tertiary/aromatic N) is 1. The fourth-order valence-corrected chi connectivity index (χ4v) is 3.74. The van der Waals surface area contributed by atoms with E-state index >= 15 is 0 Å². The van der Waals surface area contributed by atoms with Gasteiger partial charge in [0.1, 0.15) is 4.88 Å². The summed E-state index contributed by atoms with van der Waals surface area (Å²) in [6.45, 7) is 1.67. The summed E-state index contributed by atoms with van der Waals surface area (Å²) in [4.78, 5) is 25.0. The van der Waals surface area contributed by atoms with Gasteiger partial charge in [-0.15, -0.1) is 11.3 Å². The number of hydrogen-bond donors (Lipinski definition) is 4. The fourth-order valence-electron chi connectivity index (χ4n) is 2.87. The number of amides is 3. The zero-order chi connectivity index (χ0) is 19.9. The molecule has 1 fully saturated rings. The first-order valence-electron chi connectivity index (χ1n) is 8.79. The maximum absolute atomic E-state index is 12.7. The van der Waals surface area contributed by atoms with Crippen molar-refractivity contribution in [1.82, 2.24) is 10.6 Å². The highest BCUT2D eigenvalue weighted by Gasteiger charge is 2.21. The second-order valence-corrected chi connectivity index (χ2v) is 7.35. The fraction of sp³-hybridized carbons (Fsp3) is 0.250. The smallest absolute Gasteiger partial charge is 0.316 e. The Labute approximate surface area is 166 Å². The van der Waals surface area contributed by atoms with Gasteiger partial charge >= 0.3 is 6.03 Å². The zero-order valence-electron chi connectivity index (χ0n) is 15.0. The number of anilines is 1. The Balaban J connectivity index is 1.83. The largest absolute Gasteiger partial charge is 0.351 e. The molecule has 5 N–H and O–H groups in total. The number of primary amides is 1. The third kappa shape index (κ3) is 5.10. The SMILES string of the molecule is N#Cc1cccc(C#Cc2cc(NC(N)=O)c(C(=O)NC3CCCNC3)s2)c1. The highest BCUT2D eigenvalue weighted by Crippen LogP contribution is 2.27. The summed E-state index contributed by atoms with van der Waals surface area (Å²) in [6, 6.07) is 9.95. The number of thiophene rings is 1. The molecule has 28 heavy (non-hydrogen) atoms. The van der Waals surface area contributed by atoms with E-state index in [1.54, 1.807) is 30.3 Å². The van der Waals surface area contributed by atoms with E-state index in [-0.39, 0.29) is 11.9 Å². The monoisotopic (exact) mass is 393 g/mol. The average Bonchev–Trinajstić information content (AvgIpc) is 3.09. The van der Waals surface area contributed by atoms with Gasteiger partial charge in [0.15, 0.2) is 0 Å². The molecule has 2 aromatic rings. The van der Waals surface area contributed by atoms with E-state index in [9.17, 15) is 9.59 Å². The van der Waals surface area contributed by atoms with Crippen LogP contribution in [0.4, 0.5) is 10.5 Å². The molecule has 1 aromatic heterocycles. The van der Waals surface area contributed by atoms with Crippen LogP contribution in [-0.4, -0.2) is 31.1 Å². The summed E-state index contributed by atoms with van der Waals surface area (Å²) >= 11 is 1.19. The minimum atomic E-state index is -0.743. The Kier molecular flexibility index (Phi) is 6.28. The number of carbonyl (C=O) groups is 2. The van der Waals surface area contributed by atoms with Gasteiger partial charge < -0.3 is 21.7 Å². The molecule has 142 valence electrons. The number of benzene rings is 1. The van der Waals surface area contributed by atoms with Crippen LogP contribution in [0.3, 0.4) is 0 Å². The molecule has 0 bridgehead atoms. The standard InChI is InChI=1S/C20H19N5O2S/c21-11-14-4-1-3-13(9-14)6-7-16-10-17(25-20(22)27)18(28-16)19(26)24-15-5-2-8-23-12-15/h1,3-4,9-10,15,23H,2,5,8,12H2,(H,24,26)(H3,22,25,27). The molecule has 1 aliphatic rings. The molecule has 0 radical (unpaired) electrons. The van der Waals surface area contributed by atoms with Crippen molar-refractivity contribution in [2.24, 2.45) is 5.73 Å². The van der Waals surface area contributed by atoms with Gasteiger partial charge in [0.25, 0.3) is 5.91 Å². The lowest BCUT2D eigenvalue weighted by Gasteiger charge is -2.23. The summed E-state index contributed by atoms with van der Waals surface area (Å²) in [5.41, 5.74) is 6.79. The molecular weight excluding hydrogens is 374 g/mol. The van der Waals surface area contributed by atoms with E-state index in [1.807, 2.05) is 0 Å². The van der Waals surface area contributed by atoms with Gasteiger partial charge in [0.2, 0.25) is 0 Å². The normalized spacial score (nSPS) is 15.6. The second kappa shape index (κ2) is 9.05. The number of carbonyl (C=O) groups excluding carboxylic acids is 2. The van der Waals surface area contributed by atoms with E-state index < -0.39 is 6.03 Å². The highest BCUT2D eigenvalue weighted by molar-refractivity contribution is 7.15. The van der Waals surface area contributed by atoms with Crippen molar-refractivity contribution in [2.75, 3.05) is 18.4 Å². The number of hydrogen-bond acceptors (Lipinski definition) is 5. The van der Waals surface area contributed by atoms with E-state index in [2.05, 4.69) is 33.9 Å². The van der Waals surface area contributed by atoms with Crippen LogP contribution in [0.1, 0.15) is 38.5 Å². The Morgan fingerprint density at radius 1 is 1.25 bits per heavy atom. The quantitative estimate of drug-likeness (QED) is 0.596. The first kappa shape index (κ1) is 19.4. The lowest BCUT2D eigenvalue weighted by Crippen LogP contribution is -2.45. The van der Waals surface area contributed by atoms with Crippen LogP contribution in [0.5, 0.6) is 0 Å². The predicted molar refractivity (Wildman–Crippen MR) is 108 cm³/mol. The molecular formula is C20H19N5O2S. The maximum Gasteiger partial charge on any atom is 0.316 e. The molecule has 1 atom stereocenters. The van der Waals surface area contributed by atoms with E-state index in [0.717, 1.165) is 25.9 Å². The van der Waals surface area contributed by atoms with E-state index in [4.69, 9.17) is 11.0 Å². The number of nitrogens with two attached hydrogens (primary N) is 1. The lowest BCUT2D eigenvalue weighted by molar-refractivity contribution is 0.0935. The van der Waals surface area contributed by atoms with Gasteiger partial charge in [0, 0.05) is 18.2 Å². The molecule has 3 rings (SSSR count). The summed E-state index contributed by atoms with van der Waals surface area (Å²) in [6.07, 6.45) is 1.91. The Hall–Kier alpha value is -3.33. The van der Waals surface area contributed by atoms with E-state index in [0.29, 0.717) is 26.6 Å². The minimum absolute atomic E-state index is 0.0491. The number of piperidine rings is 1. The van der Waals surface area contributed by atoms with Gasteiger partial charge in [-0.2, -0.15) is 5.26 Å². The van der Waals surface area contributed by atoms with Crippen molar-refractivity contribution in [2.45, 2.75) is 18.9 Å². The summed E-state index contributed by atoms with van der Waals surface area (Å²) in [7, 11) is 0. The molecule has 1 aromatic carbocycles. The number of urea groups is 1. The molecule has 1 saturated heterocycles. The van der Waals surface area contributed by atoms with Crippen molar-refractivity contribution in [3.63, 3.8) is 0 Å². The predicted octanol–water partition coefficient (Wildman–Crippen LogP) is 1.99. The van der Waals surface area contributed by atoms with Gasteiger partial charge in [-0.1, -0.05) is 17.9 Å². The van der Waals surface area contributed by atoms with Gasteiger partial charge in [-0.25, -0.2) is 4.79 Å². The van der Waals surface area contributed by atoms with Crippen LogP contribution in [0.15, 0.2) is 30.3 Å². The van der Waals surface area contributed by atoms with Crippen molar-refractivity contribution in [3.05, 3.63) is 51.2 Å². The van der Waals surface area contributed by atoms with Gasteiger partial charge in [-0.05, 0) is 43.7 Å². The number of rotatable bonds is 3. The molecule has 2 heterocycles. The van der Waals surface area contributed by atoms with Crippen molar-refractivity contribution < 1.29 is 9.59 Å². The molecule has 1 unspecified atom stereocenters. The van der Waals surface area contributed by atoms with Crippen LogP contribution in [-0.2, 0) is 0 Å². The molecule has 8 heteroatoms. The number of nitriles is 1. The molecule has 0 aliphatic carbocycles. The molecule has 7 nitrogen and oxygen atoms in total. The molecule has 3 amide bonds. The average molecular weight is 393 g/mol. The van der Waals surface area contributed by atoms with Gasteiger partial charge in [0.05, 0.1) is 22.2 Å². The van der Waals surface area contributed by atoms with E-state index in [1.165, 1.54) is 11.3 Å². The van der Waals surface area contributed by atoms with Crippen LogP contribution in [0, 0.1) is 23.2 Å². The zero-order valence-corrected chi connectivity index (χ0v) is 15.9. The first-order valence-corrected chi connectivity index (χ1v) is 9.61. The number of nitrogens with one attached hydrogen (secondary N) is 3. The van der Waals surface area contributed by atoms with Crippen molar-refractivity contribution in [1.29, 1.82) is 5.26 Å². The summed E-state index contributed by atoms with van der Waals surface area (Å²) in [5.74, 6) is 5.69. The van der Waals surface area contributed by atoms with Crippen molar-refractivity contribution in [3.8, 4) is 17.9 Å². The summed E-state index contributed by atoms with van der Waals surface area (Å²) < 4.78 is 0. The lowest BCUT2D eigenvalue weighted by atomic mass is 10.1. The molecule has 0 spiro atoms. The first-order chi connectivity index (χ1) is 13.5. The third-order valence-electron chi connectivity index (χ3n) is 4.15.